The second kappa shape index (κ2) is 5.41. The van der Waals surface area contributed by atoms with Gasteiger partial charge in [-0.1, -0.05) is 30.7 Å². The van der Waals surface area contributed by atoms with Crippen LogP contribution in [0.5, 0.6) is 0 Å². The first-order valence-corrected chi connectivity index (χ1v) is 6.52. The highest BCUT2D eigenvalue weighted by atomic mass is 35.5. The summed E-state index contributed by atoms with van der Waals surface area (Å²) in [6, 6.07) is 7.70. The topological polar surface area (TPSA) is 54.5 Å². The number of aromatic nitrogens is 3. The van der Waals surface area contributed by atoms with Gasteiger partial charge in [-0.05, 0) is 43.0 Å². The van der Waals surface area contributed by atoms with Crippen molar-refractivity contribution in [3.8, 4) is 11.8 Å². The fraction of sp³-hybridized carbons (Fsp3) is 0.357. The lowest BCUT2D eigenvalue weighted by atomic mass is 10.1. The standard InChI is InChI=1S/C14H15ClN4/c1-9(2)6-14-12(8-16)17-18-19(14)13-5-4-11(15)7-10(13)3/h4-5,7,9H,6H2,1-3H3. The third-order valence-corrected chi connectivity index (χ3v) is 3.09. The number of hydrogen-bond donors (Lipinski definition) is 0. The van der Waals surface area contributed by atoms with Gasteiger partial charge < -0.3 is 0 Å². The third-order valence-electron chi connectivity index (χ3n) is 2.86. The molecule has 0 saturated carbocycles. The Balaban J connectivity index is 2.56. The number of benzene rings is 1. The molecule has 1 aromatic carbocycles. The van der Waals surface area contributed by atoms with Crippen molar-refractivity contribution in [2.75, 3.05) is 0 Å². The minimum Gasteiger partial charge on any atom is -0.216 e. The van der Waals surface area contributed by atoms with Crippen LogP contribution in [0.2, 0.25) is 5.02 Å². The van der Waals surface area contributed by atoms with E-state index in [0.717, 1.165) is 23.4 Å². The van der Waals surface area contributed by atoms with Gasteiger partial charge in [0.25, 0.3) is 0 Å². The normalized spacial score (nSPS) is 10.7. The second-order valence-electron chi connectivity index (χ2n) is 4.94. The quantitative estimate of drug-likeness (QED) is 0.863. The average molecular weight is 275 g/mol. The molecular weight excluding hydrogens is 260 g/mol. The Morgan fingerprint density at radius 2 is 2.16 bits per heavy atom. The van der Waals surface area contributed by atoms with Gasteiger partial charge in [-0.3, -0.25) is 0 Å². The maximum Gasteiger partial charge on any atom is 0.186 e. The molecule has 0 N–H and O–H groups in total. The number of nitrogens with zero attached hydrogens (tertiary/aromatic N) is 4. The highest BCUT2D eigenvalue weighted by Crippen LogP contribution is 2.22. The van der Waals surface area contributed by atoms with Crippen molar-refractivity contribution in [2.45, 2.75) is 27.2 Å². The first kappa shape index (κ1) is 13.6. The predicted octanol–water partition coefficient (Wildman–Crippen LogP) is 3.30. The van der Waals surface area contributed by atoms with Crippen LogP contribution in [0.25, 0.3) is 5.69 Å². The monoisotopic (exact) mass is 274 g/mol. The number of aryl methyl sites for hydroxylation is 1. The van der Waals surface area contributed by atoms with Crippen LogP contribution in [0.4, 0.5) is 0 Å². The Labute approximate surface area is 117 Å². The van der Waals surface area contributed by atoms with Gasteiger partial charge >= 0.3 is 0 Å². The molecule has 0 spiro atoms. The number of rotatable bonds is 3. The van der Waals surface area contributed by atoms with Crippen LogP contribution in [-0.2, 0) is 6.42 Å². The molecule has 0 atom stereocenters. The SMILES string of the molecule is Cc1cc(Cl)ccc1-n1nnc(C#N)c1CC(C)C. The number of hydrogen-bond acceptors (Lipinski definition) is 3. The molecule has 0 radical (unpaired) electrons. The van der Waals surface area contributed by atoms with Crippen LogP contribution in [0.15, 0.2) is 18.2 Å². The lowest BCUT2D eigenvalue weighted by Gasteiger charge is -2.11. The molecule has 0 amide bonds. The molecule has 4 nitrogen and oxygen atoms in total. The molecule has 2 rings (SSSR count). The molecular formula is C14H15ClN4. The fourth-order valence-corrected chi connectivity index (χ4v) is 2.23. The summed E-state index contributed by atoms with van der Waals surface area (Å²) >= 11 is 5.96. The molecule has 1 heterocycles. The molecule has 2 aromatic rings. The zero-order valence-corrected chi connectivity index (χ0v) is 11.9. The maximum absolute atomic E-state index is 9.12. The van der Waals surface area contributed by atoms with Crippen LogP contribution in [-0.4, -0.2) is 15.0 Å². The van der Waals surface area contributed by atoms with Crippen molar-refractivity contribution in [3.63, 3.8) is 0 Å². The molecule has 1 aromatic heterocycles. The number of nitriles is 1. The first-order chi connectivity index (χ1) is 9.02. The van der Waals surface area contributed by atoms with Gasteiger partial charge in [0, 0.05) is 5.02 Å². The molecule has 0 unspecified atom stereocenters. The lowest BCUT2D eigenvalue weighted by molar-refractivity contribution is 0.613. The van der Waals surface area contributed by atoms with Gasteiger partial charge in [-0.15, -0.1) is 5.10 Å². The van der Waals surface area contributed by atoms with Gasteiger partial charge in [-0.2, -0.15) is 5.26 Å². The van der Waals surface area contributed by atoms with Crippen LogP contribution < -0.4 is 0 Å². The van der Waals surface area contributed by atoms with E-state index in [4.69, 9.17) is 16.9 Å². The maximum atomic E-state index is 9.12. The van der Waals surface area contributed by atoms with Crippen LogP contribution in [0.1, 0.15) is 30.8 Å². The summed E-state index contributed by atoms with van der Waals surface area (Å²) in [5, 5.41) is 17.9. The molecule has 0 aliphatic carbocycles. The minimum atomic E-state index is 0.392. The van der Waals surface area contributed by atoms with E-state index in [0.29, 0.717) is 16.6 Å². The Morgan fingerprint density at radius 3 is 2.74 bits per heavy atom. The van der Waals surface area contributed by atoms with Crippen LogP contribution >= 0.6 is 11.6 Å². The summed E-state index contributed by atoms with van der Waals surface area (Å²) in [4.78, 5) is 0. The predicted molar refractivity (Wildman–Crippen MR) is 74.4 cm³/mol. The van der Waals surface area contributed by atoms with Crippen molar-refractivity contribution in [2.24, 2.45) is 5.92 Å². The largest absolute Gasteiger partial charge is 0.216 e. The Hall–Kier alpha value is -1.86. The van der Waals surface area contributed by atoms with Gasteiger partial charge in [0.1, 0.15) is 6.07 Å². The van der Waals surface area contributed by atoms with Gasteiger partial charge in [0.15, 0.2) is 5.69 Å². The minimum absolute atomic E-state index is 0.392. The van der Waals surface area contributed by atoms with Crippen molar-refractivity contribution >= 4 is 11.6 Å². The summed E-state index contributed by atoms with van der Waals surface area (Å²) in [5.41, 5.74) is 3.16. The van der Waals surface area contributed by atoms with E-state index >= 15 is 0 Å². The van der Waals surface area contributed by atoms with E-state index < -0.39 is 0 Å². The van der Waals surface area contributed by atoms with E-state index in [1.807, 2.05) is 25.1 Å². The Kier molecular flexibility index (Phi) is 3.87. The molecule has 0 saturated heterocycles. The molecule has 5 heteroatoms. The summed E-state index contributed by atoms with van der Waals surface area (Å²) in [6.07, 6.45) is 0.762. The molecule has 0 fully saturated rings. The van der Waals surface area contributed by atoms with Crippen molar-refractivity contribution < 1.29 is 0 Å². The third kappa shape index (κ3) is 2.77. The lowest BCUT2D eigenvalue weighted by Crippen LogP contribution is -2.07. The van der Waals surface area contributed by atoms with E-state index in [1.54, 1.807) is 4.68 Å². The van der Waals surface area contributed by atoms with E-state index in [-0.39, 0.29) is 0 Å². The molecule has 0 bridgehead atoms. The van der Waals surface area contributed by atoms with Gasteiger partial charge in [-0.25, -0.2) is 4.68 Å². The molecule has 19 heavy (non-hydrogen) atoms. The summed E-state index contributed by atoms with van der Waals surface area (Å²) < 4.78 is 1.74. The second-order valence-corrected chi connectivity index (χ2v) is 5.37. The smallest absolute Gasteiger partial charge is 0.186 e. The molecule has 0 aliphatic rings. The molecule has 98 valence electrons. The Morgan fingerprint density at radius 1 is 1.42 bits per heavy atom. The van der Waals surface area contributed by atoms with E-state index in [9.17, 15) is 0 Å². The molecule has 0 aliphatic heterocycles. The van der Waals surface area contributed by atoms with Crippen molar-refractivity contribution in [3.05, 3.63) is 40.2 Å². The summed E-state index contributed by atoms with van der Waals surface area (Å²) in [5.74, 6) is 0.428. The van der Waals surface area contributed by atoms with Crippen molar-refractivity contribution in [1.29, 1.82) is 5.26 Å². The van der Waals surface area contributed by atoms with Crippen LogP contribution in [0.3, 0.4) is 0 Å². The van der Waals surface area contributed by atoms with Gasteiger partial charge in [0.05, 0.1) is 11.4 Å². The summed E-state index contributed by atoms with van der Waals surface area (Å²) in [6.45, 7) is 6.18. The highest BCUT2D eigenvalue weighted by molar-refractivity contribution is 6.30. The number of halogens is 1. The zero-order valence-electron chi connectivity index (χ0n) is 11.2. The average Bonchev–Trinajstić information content (AvgIpc) is 2.71. The first-order valence-electron chi connectivity index (χ1n) is 6.14. The highest BCUT2D eigenvalue weighted by Gasteiger charge is 2.16. The van der Waals surface area contributed by atoms with E-state index in [1.165, 1.54) is 0 Å². The van der Waals surface area contributed by atoms with Crippen LogP contribution in [0, 0.1) is 24.2 Å². The van der Waals surface area contributed by atoms with Gasteiger partial charge in [0.2, 0.25) is 0 Å². The summed E-state index contributed by atoms with van der Waals surface area (Å²) in [7, 11) is 0. The fourth-order valence-electron chi connectivity index (χ4n) is 2.01. The Bertz CT molecular complexity index is 637. The van der Waals surface area contributed by atoms with E-state index in [2.05, 4.69) is 30.2 Å². The van der Waals surface area contributed by atoms with Crippen molar-refractivity contribution in [1.82, 2.24) is 15.0 Å². The zero-order chi connectivity index (χ0) is 14.0.